The first-order valence-electron chi connectivity index (χ1n) is 9.31. The number of rotatable bonds is 2. The lowest BCUT2D eigenvalue weighted by atomic mass is 10.0. The van der Waals surface area contributed by atoms with E-state index in [2.05, 4.69) is 20.9 Å². The Morgan fingerprint density at radius 3 is 2.56 bits per heavy atom. The number of benzene rings is 2. The van der Waals surface area contributed by atoms with Crippen LogP contribution in [0.5, 0.6) is 11.5 Å². The van der Waals surface area contributed by atoms with Gasteiger partial charge in [-0.05, 0) is 43.3 Å². The molecule has 0 radical (unpaired) electrons. The van der Waals surface area contributed by atoms with Crippen LogP contribution in [0.4, 0.5) is 18.9 Å². The second kappa shape index (κ2) is 8.32. The molecule has 1 aromatic heterocycles. The zero-order valence-electron chi connectivity index (χ0n) is 16.4. The first-order valence-corrected chi connectivity index (χ1v) is 11.0. The number of fused-ring (bicyclic) bond motifs is 1. The maximum absolute atomic E-state index is 13.3. The van der Waals surface area contributed by atoms with E-state index in [1.165, 1.54) is 36.9 Å². The van der Waals surface area contributed by atoms with Crippen molar-refractivity contribution in [3.05, 3.63) is 79.8 Å². The molecule has 0 aliphatic carbocycles. The van der Waals surface area contributed by atoms with Crippen LogP contribution in [-0.4, -0.2) is 15.9 Å². The standard InChI is InChI=1S/C22H15BrF3NO4S/c1-10-6-17(29)20(21(30)31-10)15-9-19(13-8-12(23)3-4-16(13)28)32-18-5-2-11(22(24,25)26)7-14(18)27-15/h2-8,19,28-29H,9H2,1H3. The average molecular weight is 526 g/mol. The van der Waals surface area contributed by atoms with Crippen LogP contribution in [0, 0.1) is 6.92 Å². The van der Waals surface area contributed by atoms with Crippen molar-refractivity contribution in [3.8, 4) is 11.5 Å². The van der Waals surface area contributed by atoms with E-state index in [0.717, 1.165) is 12.1 Å². The fraction of sp³-hybridized carbons (Fsp3) is 0.182. The summed E-state index contributed by atoms with van der Waals surface area (Å²) in [5.41, 5.74) is -1.38. The van der Waals surface area contributed by atoms with Gasteiger partial charge in [0, 0.05) is 32.7 Å². The molecule has 32 heavy (non-hydrogen) atoms. The van der Waals surface area contributed by atoms with Gasteiger partial charge >= 0.3 is 11.8 Å². The Bertz CT molecular complexity index is 1300. The summed E-state index contributed by atoms with van der Waals surface area (Å²) in [5, 5.41) is 20.3. The van der Waals surface area contributed by atoms with Crippen molar-refractivity contribution in [3.63, 3.8) is 0 Å². The predicted molar refractivity (Wildman–Crippen MR) is 118 cm³/mol. The molecule has 0 saturated heterocycles. The molecular formula is C22H15BrF3NO4S. The van der Waals surface area contributed by atoms with Gasteiger partial charge in [0.15, 0.2) is 0 Å². The van der Waals surface area contributed by atoms with Gasteiger partial charge in [0.25, 0.3) is 0 Å². The highest BCUT2D eigenvalue weighted by atomic mass is 79.9. The van der Waals surface area contributed by atoms with Crippen LogP contribution in [0.3, 0.4) is 0 Å². The Morgan fingerprint density at radius 1 is 1.12 bits per heavy atom. The third kappa shape index (κ3) is 4.42. The zero-order valence-corrected chi connectivity index (χ0v) is 18.8. The van der Waals surface area contributed by atoms with Crippen molar-refractivity contribution in [1.82, 2.24) is 0 Å². The molecule has 1 aliphatic heterocycles. The Kier molecular flexibility index (Phi) is 5.85. The van der Waals surface area contributed by atoms with Gasteiger partial charge in [-0.1, -0.05) is 15.9 Å². The molecule has 1 unspecified atom stereocenters. The molecule has 3 aromatic rings. The fourth-order valence-electron chi connectivity index (χ4n) is 3.42. The minimum atomic E-state index is -4.57. The van der Waals surface area contributed by atoms with E-state index in [4.69, 9.17) is 4.42 Å². The lowest BCUT2D eigenvalue weighted by molar-refractivity contribution is -0.137. The van der Waals surface area contributed by atoms with Gasteiger partial charge in [0.2, 0.25) is 0 Å². The van der Waals surface area contributed by atoms with Crippen LogP contribution in [-0.2, 0) is 6.18 Å². The number of phenolic OH excluding ortho intramolecular Hbond substituents is 1. The topological polar surface area (TPSA) is 83.0 Å². The van der Waals surface area contributed by atoms with Crippen LogP contribution < -0.4 is 5.63 Å². The Morgan fingerprint density at radius 2 is 1.88 bits per heavy atom. The summed E-state index contributed by atoms with van der Waals surface area (Å²) in [4.78, 5) is 17.3. The van der Waals surface area contributed by atoms with Gasteiger partial charge in [-0.3, -0.25) is 4.99 Å². The first-order chi connectivity index (χ1) is 15.0. The van der Waals surface area contributed by atoms with Crippen LogP contribution in [0.2, 0.25) is 0 Å². The van der Waals surface area contributed by atoms with Crippen molar-refractivity contribution in [2.24, 2.45) is 4.99 Å². The van der Waals surface area contributed by atoms with Crippen LogP contribution in [0.15, 0.2) is 66.0 Å². The van der Waals surface area contributed by atoms with E-state index >= 15 is 0 Å². The second-order valence-corrected chi connectivity index (χ2v) is 9.32. The third-order valence-electron chi connectivity index (χ3n) is 4.87. The zero-order chi connectivity index (χ0) is 23.2. The van der Waals surface area contributed by atoms with E-state index in [1.807, 2.05) is 0 Å². The number of nitrogens with zero attached hydrogens (tertiary/aromatic N) is 1. The Balaban J connectivity index is 1.94. The van der Waals surface area contributed by atoms with E-state index in [-0.39, 0.29) is 40.6 Å². The predicted octanol–water partition coefficient (Wildman–Crippen LogP) is 6.50. The molecule has 0 spiro atoms. The number of aliphatic imine (C=N–C) groups is 1. The summed E-state index contributed by atoms with van der Waals surface area (Å²) < 4.78 is 45.7. The molecule has 0 saturated carbocycles. The molecule has 0 fully saturated rings. The van der Waals surface area contributed by atoms with Gasteiger partial charge in [-0.15, -0.1) is 11.8 Å². The summed E-state index contributed by atoms with van der Waals surface area (Å²) in [6.45, 7) is 1.49. The maximum atomic E-state index is 13.3. The number of phenols is 1. The number of hydrogen-bond acceptors (Lipinski definition) is 6. The molecule has 2 N–H and O–H groups in total. The molecule has 4 rings (SSSR count). The molecule has 0 bridgehead atoms. The van der Waals surface area contributed by atoms with Crippen molar-refractivity contribution >= 4 is 39.1 Å². The monoisotopic (exact) mass is 525 g/mol. The van der Waals surface area contributed by atoms with E-state index in [0.29, 0.717) is 14.9 Å². The molecule has 2 aromatic carbocycles. The summed E-state index contributed by atoms with van der Waals surface area (Å²) in [7, 11) is 0. The second-order valence-electron chi connectivity index (χ2n) is 7.16. The summed E-state index contributed by atoms with van der Waals surface area (Å²) in [5.74, 6) is -0.212. The lowest BCUT2D eigenvalue weighted by Crippen LogP contribution is -2.17. The summed E-state index contributed by atoms with van der Waals surface area (Å²) in [6.07, 6.45) is -4.53. The molecule has 5 nitrogen and oxygen atoms in total. The number of halogens is 4. The van der Waals surface area contributed by atoms with Gasteiger partial charge < -0.3 is 14.6 Å². The van der Waals surface area contributed by atoms with Gasteiger partial charge in [0.1, 0.15) is 22.8 Å². The van der Waals surface area contributed by atoms with Crippen molar-refractivity contribution in [2.75, 3.05) is 0 Å². The number of aromatic hydroxyl groups is 2. The van der Waals surface area contributed by atoms with Gasteiger partial charge in [-0.25, -0.2) is 4.79 Å². The maximum Gasteiger partial charge on any atom is 0.416 e. The molecule has 2 heterocycles. The van der Waals surface area contributed by atoms with E-state index in [9.17, 15) is 28.2 Å². The molecular weight excluding hydrogens is 511 g/mol. The van der Waals surface area contributed by atoms with Crippen molar-refractivity contribution < 1.29 is 27.8 Å². The minimum Gasteiger partial charge on any atom is -0.508 e. The Hall–Kier alpha value is -2.72. The van der Waals surface area contributed by atoms with Crippen molar-refractivity contribution in [1.29, 1.82) is 0 Å². The number of alkyl halides is 3. The average Bonchev–Trinajstić information content (AvgIpc) is 2.87. The smallest absolute Gasteiger partial charge is 0.416 e. The first kappa shape index (κ1) is 22.5. The van der Waals surface area contributed by atoms with Crippen LogP contribution >= 0.6 is 27.7 Å². The van der Waals surface area contributed by atoms with E-state index < -0.39 is 22.6 Å². The highest BCUT2D eigenvalue weighted by Gasteiger charge is 2.33. The largest absolute Gasteiger partial charge is 0.508 e. The summed E-state index contributed by atoms with van der Waals surface area (Å²) >= 11 is 4.57. The molecule has 1 atom stereocenters. The number of hydrogen-bond donors (Lipinski definition) is 2. The normalized spacial score (nSPS) is 16.3. The molecule has 0 amide bonds. The quantitative estimate of drug-likeness (QED) is 0.399. The summed E-state index contributed by atoms with van der Waals surface area (Å²) in [6, 6.07) is 9.26. The molecule has 10 heteroatoms. The SMILES string of the molecule is Cc1cc(O)c(C2=Nc3cc(C(F)(F)F)ccc3SC(c3cc(Br)ccc3O)C2)c(=O)o1. The molecule has 1 aliphatic rings. The van der Waals surface area contributed by atoms with Crippen molar-refractivity contribution in [2.45, 2.75) is 29.7 Å². The Labute approximate surface area is 192 Å². The van der Waals surface area contributed by atoms with Crippen LogP contribution in [0.25, 0.3) is 0 Å². The number of aryl methyl sites for hydroxylation is 1. The van der Waals surface area contributed by atoms with Crippen LogP contribution in [0.1, 0.15) is 34.1 Å². The third-order valence-corrected chi connectivity index (χ3v) is 6.67. The van der Waals surface area contributed by atoms with Gasteiger partial charge in [0.05, 0.1) is 17.0 Å². The minimum absolute atomic E-state index is 0.0104. The fourth-order valence-corrected chi connectivity index (χ4v) is 5.03. The number of thioether (sulfide) groups is 1. The highest BCUT2D eigenvalue weighted by molar-refractivity contribution is 9.10. The highest BCUT2D eigenvalue weighted by Crippen LogP contribution is 2.49. The molecule has 166 valence electrons. The lowest BCUT2D eigenvalue weighted by Gasteiger charge is -2.18. The van der Waals surface area contributed by atoms with E-state index in [1.54, 1.807) is 12.1 Å². The van der Waals surface area contributed by atoms with Gasteiger partial charge in [-0.2, -0.15) is 13.2 Å².